The van der Waals surface area contributed by atoms with E-state index in [0.29, 0.717) is 6.04 Å². The van der Waals surface area contributed by atoms with Crippen LogP contribution in [0.1, 0.15) is 31.9 Å². The Balaban J connectivity index is 2.60. The average Bonchev–Trinajstić information content (AvgIpc) is 2.29. The molecule has 1 atom stereocenters. The maximum atomic E-state index is 13.2. The highest BCUT2D eigenvalue weighted by Gasteiger charge is 2.12. The van der Waals surface area contributed by atoms with Gasteiger partial charge in [0.2, 0.25) is 0 Å². The minimum absolute atomic E-state index is 0.167. The molecule has 1 aromatic rings. The van der Waals surface area contributed by atoms with Gasteiger partial charge in [0.1, 0.15) is 5.82 Å². The van der Waals surface area contributed by atoms with E-state index in [2.05, 4.69) is 31.1 Å². The van der Waals surface area contributed by atoms with E-state index < -0.39 is 0 Å². The van der Waals surface area contributed by atoms with Gasteiger partial charge in [0.25, 0.3) is 0 Å². The van der Waals surface area contributed by atoms with Gasteiger partial charge >= 0.3 is 0 Å². The molecule has 0 saturated carbocycles. The molecule has 0 aliphatic heterocycles. The second-order valence-corrected chi connectivity index (χ2v) is 4.76. The van der Waals surface area contributed by atoms with E-state index in [0.717, 1.165) is 18.5 Å². The maximum absolute atomic E-state index is 13.2. The van der Waals surface area contributed by atoms with Gasteiger partial charge < -0.3 is 10.2 Å². The molecule has 0 aliphatic carbocycles. The highest BCUT2D eigenvalue weighted by molar-refractivity contribution is 5.20. The van der Waals surface area contributed by atoms with Crippen LogP contribution in [0.2, 0.25) is 0 Å². The van der Waals surface area contributed by atoms with Crippen molar-refractivity contribution in [1.29, 1.82) is 0 Å². The third-order valence-corrected chi connectivity index (χ3v) is 3.25. The van der Waals surface area contributed by atoms with Crippen molar-refractivity contribution in [2.45, 2.75) is 32.4 Å². The molecule has 1 aromatic carbocycles. The highest BCUT2D eigenvalue weighted by atomic mass is 19.1. The van der Waals surface area contributed by atoms with E-state index in [1.165, 1.54) is 6.07 Å². The Labute approximate surface area is 104 Å². The lowest BCUT2D eigenvalue weighted by Crippen LogP contribution is -2.30. The van der Waals surface area contributed by atoms with Crippen LogP contribution in [0, 0.1) is 5.82 Å². The summed E-state index contributed by atoms with van der Waals surface area (Å²) in [7, 11) is 4.04. The lowest BCUT2D eigenvalue weighted by Gasteiger charge is -2.24. The predicted octanol–water partition coefficient (Wildman–Crippen LogP) is 2.82. The van der Waals surface area contributed by atoms with Gasteiger partial charge in [-0.1, -0.05) is 12.1 Å². The van der Waals surface area contributed by atoms with Gasteiger partial charge in [0, 0.05) is 12.1 Å². The van der Waals surface area contributed by atoms with Gasteiger partial charge in [-0.3, -0.25) is 0 Å². The van der Waals surface area contributed by atoms with E-state index in [9.17, 15) is 4.39 Å². The van der Waals surface area contributed by atoms with Crippen LogP contribution in [0.5, 0.6) is 0 Å². The second kappa shape index (κ2) is 6.72. The normalized spacial score (nSPS) is 13.4. The summed E-state index contributed by atoms with van der Waals surface area (Å²) in [5, 5.41) is 3.25. The smallest absolute Gasteiger partial charge is 0.123 e. The Kier molecular flexibility index (Phi) is 5.59. The molecule has 0 heterocycles. The summed E-state index contributed by atoms with van der Waals surface area (Å²) in [6.07, 6.45) is 0.981. The maximum Gasteiger partial charge on any atom is 0.123 e. The number of nitrogens with zero attached hydrogens (tertiary/aromatic N) is 1. The molecule has 3 heteroatoms. The first-order chi connectivity index (χ1) is 8.04. The minimum Gasteiger partial charge on any atom is -0.313 e. The number of nitrogens with one attached hydrogen (secondary N) is 1. The number of rotatable bonds is 6. The van der Waals surface area contributed by atoms with E-state index in [-0.39, 0.29) is 11.9 Å². The molecule has 2 nitrogen and oxygen atoms in total. The van der Waals surface area contributed by atoms with Gasteiger partial charge in [-0.25, -0.2) is 4.39 Å². The number of halogens is 1. The Bertz CT molecular complexity index is 339. The summed E-state index contributed by atoms with van der Waals surface area (Å²) in [6.45, 7) is 5.35. The molecule has 0 radical (unpaired) electrons. The Morgan fingerprint density at radius 2 is 2.06 bits per heavy atom. The van der Waals surface area contributed by atoms with Crippen LogP contribution in [0.25, 0.3) is 0 Å². The number of hydrogen-bond acceptors (Lipinski definition) is 2. The van der Waals surface area contributed by atoms with Crippen LogP contribution in [0.4, 0.5) is 4.39 Å². The van der Waals surface area contributed by atoms with Crippen molar-refractivity contribution in [3.63, 3.8) is 0 Å². The zero-order valence-electron chi connectivity index (χ0n) is 11.2. The Morgan fingerprint density at radius 3 is 2.59 bits per heavy atom. The van der Waals surface area contributed by atoms with Gasteiger partial charge in [-0.2, -0.15) is 0 Å². The first-order valence-electron chi connectivity index (χ1n) is 6.17. The van der Waals surface area contributed by atoms with Crippen LogP contribution in [-0.2, 0) is 0 Å². The van der Waals surface area contributed by atoms with Gasteiger partial charge in [0.05, 0.1) is 0 Å². The molecule has 0 amide bonds. The van der Waals surface area contributed by atoms with Crippen LogP contribution in [-0.4, -0.2) is 31.6 Å². The molecule has 0 aromatic heterocycles. The third-order valence-electron chi connectivity index (χ3n) is 3.25. The van der Waals surface area contributed by atoms with E-state index >= 15 is 0 Å². The molecule has 0 aliphatic rings. The molecule has 0 fully saturated rings. The third kappa shape index (κ3) is 4.44. The molecular weight excluding hydrogens is 215 g/mol. The lowest BCUT2D eigenvalue weighted by atomic mass is 10.0. The molecule has 0 bridgehead atoms. The quantitative estimate of drug-likeness (QED) is 0.820. The summed E-state index contributed by atoms with van der Waals surface area (Å²) in [5.74, 6) is -0.167. The number of benzene rings is 1. The molecular formula is C14H23FN2. The van der Waals surface area contributed by atoms with Crippen molar-refractivity contribution in [3.8, 4) is 0 Å². The van der Waals surface area contributed by atoms with Crippen molar-refractivity contribution in [2.24, 2.45) is 0 Å². The summed E-state index contributed by atoms with van der Waals surface area (Å²) >= 11 is 0. The van der Waals surface area contributed by atoms with Crippen molar-refractivity contribution in [3.05, 3.63) is 35.6 Å². The largest absolute Gasteiger partial charge is 0.313 e. The fourth-order valence-corrected chi connectivity index (χ4v) is 1.79. The Hall–Kier alpha value is -0.930. The van der Waals surface area contributed by atoms with Crippen molar-refractivity contribution in [2.75, 3.05) is 20.6 Å². The van der Waals surface area contributed by atoms with Crippen molar-refractivity contribution >= 4 is 0 Å². The predicted molar refractivity (Wildman–Crippen MR) is 70.6 cm³/mol. The molecule has 1 N–H and O–H groups in total. The minimum atomic E-state index is -0.167. The van der Waals surface area contributed by atoms with E-state index in [1.807, 2.05) is 13.1 Å². The van der Waals surface area contributed by atoms with Crippen LogP contribution in [0.3, 0.4) is 0 Å². The van der Waals surface area contributed by atoms with Crippen molar-refractivity contribution < 1.29 is 4.39 Å². The summed E-state index contributed by atoms with van der Waals surface area (Å²) < 4.78 is 13.2. The lowest BCUT2D eigenvalue weighted by molar-refractivity contribution is 0.258. The van der Waals surface area contributed by atoms with E-state index in [1.54, 1.807) is 12.1 Å². The van der Waals surface area contributed by atoms with Gasteiger partial charge in [-0.05, 0) is 58.6 Å². The van der Waals surface area contributed by atoms with Crippen LogP contribution in [0.15, 0.2) is 24.3 Å². The molecule has 0 saturated heterocycles. The summed E-state index contributed by atoms with van der Waals surface area (Å²) in [4.78, 5) is 2.30. The molecule has 96 valence electrons. The average molecular weight is 238 g/mol. The second-order valence-electron chi connectivity index (χ2n) is 4.76. The molecule has 1 unspecified atom stereocenters. The zero-order valence-corrected chi connectivity index (χ0v) is 11.2. The van der Waals surface area contributed by atoms with Gasteiger partial charge in [-0.15, -0.1) is 0 Å². The molecule has 17 heavy (non-hydrogen) atoms. The van der Waals surface area contributed by atoms with Gasteiger partial charge in [0.15, 0.2) is 0 Å². The number of hydrogen-bond donors (Lipinski definition) is 1. The topological polar surface area (TPSA) is 15.3 Å². The zero-order chi connectivity index (χ0) is 12.8. The van der Waals surface area contributed by atoms with Crippen LogP contribution < -0.4 is 5.32 Å². The first kappa shape index (κ1) is 14.1. The SMILES string of the molecule is CNC(CCN(C)C(C)C)c1cccc(F)c1. The first-order valence-corrected chi connectivity index (χ1v) is 6.17. The van der Waals surface area contributed by atoms with Crippen molar-refractivity contribution in [1.82, 2.24) is 10.2 Å². The Morgan fingerprint density at radius 1 is 1.35 bits per heavy atom. The standard InChI is InChI=1S/C14H23FN2/c1-11(2)17(4)9-8-14(16-3)12-6-5-7-13(15)10-12/h5-7,10-11,14,16H,8-9H2,1-4H3. The van der Waals surface area contributed by atoms with E-state index in [4.69, 9.17) is 0 Å². The highest BCUT2D eigenvalue weighted by Crippen LogP contribution is 2.17. The molecule has 0 spiro atoms. The monoisotopic (exact) mass is 238 g/mol. The fourth-order valence-electron chi connectivity index (χ4n) is 1.79. The summed E-state index contributed by atoms with van der Waals surface area (Å²) in [5.41, 5.74) is 1.02. The fraction of sp³-hybridized carbons (Fsp3) is 0.571. The molecule has 1 rings (SSSR count). The summed E-state index contributed by atoms with van der Waals surface area (Å²) in [6, 6.07) is 7.58. The van der Waals surface area contributed by atoms with Crippen LogP contribution >= 0.6 is 0 Å².